The lowest BCUT2D eigenvalue weighted by Gasteiger charge is -2.13. The first-order chi connectivity index (χ1) is 8.70. The first kappa shape index (κ1) is 12.4. The van der Waals surface area contributed by atoms with E-state index >= 15 is 0 Å². The molecule has 96 valence electrons. The molecule has 1 heterocycles. The average Bonchev–Trinajstić information content (AvgIpc) is 2.81. The average molecular weight is 249 g/mol. The number of carbonyl (C=O) groups is 2. The minimum atomic E-state index is -0.430. The van der Waals surface area contributed by atoms with Crippen LogP contribution in [0, 0.1) is 0 Å². The second-order valence-electron chi connectivity index (χ2n) is 4.10. The minimum Gasteiger partial charge on any atom is -0.491 e. The zero-order valence-electron chi connectivity index (χ0n) is 10.1. The summed E-state index contributed by atoms with van der Waals surface area (Å²) in [4.78, 5) is 22.6. The van der Waals surface area contributed by atoms with Crippen LogP contribution in [0.25, 0.3) is 0 Å². The fraction of sp³-hybridized carbons (Fsp3) is 0.385. The first-order valence-corrected chi connectivity index (χ1v) is 5.80. The zero-order chi connectivity index (χ0) is 13.0. The molecule has 1 aromatic carbocycles. The van der Waals surface area contributed by atoms with Crippen LogP contribution < -0.4 is 10.1 Å². The molecule has 0 radical (unpaired) electrons. The van der Waals surface area contributed by atoms with Gasteiger partial charge in [-0.15, -0.1) is 0 Å². The van der Waals surface area contributed by atoms with Gasteiger partial charge in [0.15, 0.2) is 0 Å². The van der Waals surface area contributed by atoms with Crippen molar-refractivity contribution in [1.82, 2.24) is 5.32 Å². The second-order valence-corrected chi connectivity index (χ2v) is 4.10. The van der Waals surface area contributed by atoms with Gasteiger partial charge >= 0.3 is 5.97 Å². The summed E-state index contributed by atoms with van der Waals surface area (Å²) < 4.78 is 10.3. The Morgan fingerprint density at radius 1 is 1.44 bits per heavy atom. The Kier molecular flexibility index (Phi) is 3.82. The largest absolute Gasteiger partial charge is 0.491 e. The molecule has 0 spiro atoms. The molecule has 1 aromatic rings. The molecule has 1 amide bonds. The highest BCUT2D eigenvalue weighted by atomic mass is 16.5. The van der Waals surface area contributed by atoms with Crippen LogP contribution in [0.4, 0.5) is 0 Å². The highest BCUT2D eigenvalue weighted by molar-refractivity contribution is 5.92. The van der Waals surface area contributed by atoms with E-state index in [1.54, 1.807) is 24.3 Å². The van der Waals surface area contributed by atoms with Gasteiger partial charge in [0, 0.05) is 6.42 Å². The summed E-state index contributed by atoms with van der Waals surface area (Å²) in [5, 5.41) is 2.81. The number of hydrogen-bond acceptors (Lipinski definition) is 4. The lowest BCUT2D eigenvalue weighted by Crippen LogP contribution is -2.31. The molecule has 1 fully saturated rings. The summed E-state index contributed by atoms with van der Waals surface area (Å²) in [7, 11) is 1.33. The number of methoxy groups -OCH3 is 1. The van der Waals surface area contributed by atoms with Crippen LogP contribution in [0.5, 0.6) is 5.75 Å². The SMILES string of the molecule is COC(=O)c1ccccc1OCC1CCC(=O)N1. The molecule has 0 aromatic heterocycles. The number of carbonyl (C=O) groups excluding carboxylic acids is 2. The highest BCUT2D eigenvalue weighted by Crippen LogP contribution is 2.19. The molecule has 1 atom stereocenters. The summed E-state index contributed by atoms with van der Waals surface area (Å²) in [6.07, 6.45) is 1.30. The van der Waals surface area contributed by atoms with Crippen molar-refractivity contribution >= 4 is 11.9 Å². The Labute approximate surface area is 105 Å². The molecule has 18 heavy (non-hydrogen) atoms. The Hall–Kier alpha value is -2.04. The molecule has 0 aliphatic carbocycles. The van der Waals surface area contributed by atoms with Crippen LogP contribution in [0.3, 0.4) is 0 Å². The van der Waals surface area contributed by atoms with E-state index in [0.29, 0.717) is 24.3 Å². The predicted molar refractivity (Wildman–Crippen MR) is 64.4 cm³/mol. The summed E-state index contributed by atoms with van der Waals surface area (Å²) in [5.74, 6) is 0.0939. The van der Waals surface area contributed by atoms with Crippen molar-refractivity contribution in [3.63, 3.8) is 0 Å². The zero-order valence-corrected chi connectivity index (χ0v) is 10.1. The summed E-state index contributed by atoms with van der Waals surface area (Å²) in [6.45, 7) is 0.361. The normalized spacial score (nSPS) is 18.3. The van der Waals surface area contributed by atoms with E-state index < -0.39 is 5.97 Å². The number of rotatable bonds is 4. The molecule has 1 unspecified atom stereocenters. The van der Waals surface area contributed by atoms with Crippen molar-refractivity contribution in [3.8, 4) is 5.75 Å². The molecule has 1 saturated heterocycles. The monoisotopic (exact) mass is 249 g/mol. The topological polar surface area (TPSA) is 64.6 Å². The third kappa shape index (κ3) is 2.80. The fourth-order valence-corrected chi connectivity index (χ4v) is 1.86. The number of nitrogens with one attached hydrogen (secondary N) is 1. The van der Waals surface area contributed by atoms with Gasteiger partial charge in [-0.1, -0.05) is 12.1 Å². The third-order valence-corrected chi connectivity index (χ3v) is 2.82. The molecule has 1 aliphatic heterocycles. The van der Waals surface area contributed by atoms with Crippen molar-refractivity contribution in [2.24, 2.45) is 0 Å². The van der Waals surface area contributed by atoms with Gasteiger partial charge in [-0.3, -0.25) is 4.79 Å². The molecule has 0 saturated carbocycles. The van der Waals surface area contributed by atoms with Crippen molar-refractivity contribution in [2.75, 3.05) is 13.7 Å². The first-order valence-electron chi connectivity index (χ1n) is 5.80. The smallest absolute Gasteiger partial charge is 0.341 e. The van der Waals surface area contributed by atoms with Crippen molar-refractivity contribution < 1.29 is 19.1 Å². The molecule has 2 rings (SSSR count). The van der Waals surface area contributed by atoms with Crippen molar-refractivity contribution in [1.29, 1.82) is 0 Å². The van der Waals surface area contributed by atoms with Gasteiger partial charge in [-0.05, 0) is 18.6 Å². The van der Waals surface area contributed by atoms with E-state index in [2.05, 4.69) is 10.1 Å². The van der Waals surface area contributed by atoms with E-state index in [4.69, 9.17) is 4.74 Å². The van der Waals surface area contributed by atoms with Crippen LogP contribution in [-0.2, 0) is 9.53 Å². The maximum absolute atomic E-state index is 11.5. The maximum atomic E-state index is 11.5. The molecule has 5 nitrogen and oxygen atoms in total. The Morgan fingerprint density at radius 2 is 2.22 bits per heavy atom. The molecule has 5 heteroatoms. The van der Waals surface area contributed by atoms with E-state index in [0.717, 1.165) is 6.42 Å². The van der Waals surface area contributed by atoms with E-state index in [1.807, 2.05) is 0 Å². The molecule has 1 aliphatic rings. The number of hydrogen-bond donors (Lipinski definition) is 1. The van der Waals surface area contributed by atoms with Gasteiger partial charge in [0.05, 0.1) is 13.2 Å². The molecule has 1 N–H and O–H groups in total. The van der Waals surface area contributed by atoms with Crippen LogP contribution >= 0.6 is 0 Å². The van der Waals surface area contributed by atoms with Crippen LogP contribution in [-0.4, -0.2) is 31.6 Å². The van der Waals surface area contributed by atoms with Crippen LogP contribution in [0.1, 0.15) is 23.2 Å². The second kappa shape index (κ2) is 5.53. The van der Waals surface area contributed by atoms with Gasteiger partial charge in [0.25, 0.3) is 0 Å². The molecule has 0 bridgehead atoms. The third-order valence-electron chi connectivity index (χ3n) is 2.82. The standard InChI is InChI=1S/C13H15NO4/c1-17-13(16)10-4-2-3-5-11(10)18-8-9-6-7-12(15)14-9/h2-5,9H,6-8H2,1H3,(H,14,15). The lowest BCUT2D eigenvalue weighted by molar-refractivity contribution is -0.119. The van der Waals surface area contributed by atoms with Gasteiger partial charge in [-0.25, -0.2) is 4.79 Å². The van der Waals surface area contributed by atoms with E-state index in [1.165, 1.54) is 7.11 Å². The number of para-hydroxylation sites is 1. The van der Waals surface area contributed by atoms with E-state index in [-0.39, 0.29) is 11.9 Å². The lowest BCUT2D eigenvalue weighted by atomic mass is 10.2. The van der Waals surface area contributed by atoms with E-state index in [9.17, 15) is 9.59 Å². The molecular formula is C13H15NO4. The number of ether oxygens (including phenoxy) is 2. The summed E-state index contributed by atoms with van der Waals surface area (Å²) in [6, 6.07) is 6.91. The Bertz CT molecular complexity index is 458. The van der Waals surface area contributed by atoms with Crippen LogP contribution in [0.2, 0.25) is 0 Å². The van der Waals surface area contributed by atoms with Crippen molar-refractivity contribution in [2.45, 2.75) is 18.9 Å². The van der Waals surface area contributed by atoms with Crippen LogP contribution in [0.15, 0.2) is 24.3 Å². The number of benzene rings is 1. The Balaban J connectivity index is 2.00. The predicted octanol–water partition coefficient (Wildman–Crippen LogP) is 1.13. The van der Waals surface area contributed by atoms with Gasteiger partial charge in [0.2, 0.25) is 5.91 Å². The minimum absolute atomic E-state index is 0.0169. The fourth-order valence-electron chi connectivity index (χ4n) is 1.86. The van der Waals surface area contributed by atoms with Gasteiger partial charge in [0.1, 0.15) is 17.9 Å². The Morgan fingerprint density at radius 3 is 2.89 bits per heavy atom. The highest BCUT2D eigenvalue weighted by Gasteiger charge is 2.22. The van der Waals surface area contributed by atoms with Crippen molar-refractivity contribution in [3.05, 3.63) is 29.8 Å². The number of esters is 1. The summed E-state index contributed by atoms with van der Waals surface area (Å²) in [5.41, 5.74) is 0.393. The molecular weight excluding hydrogens is 234 g/mol. The summed E-state index contributed by atoms with van der Waals surface area (Å²) >= 11 is 0. The van der Waals surface area contributed by atoms with Gasteiger partial charge < -0.3 is 14.8 Å². The quantitative estimate of drug-likeness (QED) is 0.812. The maximum Gasteiger partial charge on any atom is 0.341 e. The number of amides is 1. The van der Waals surface area contributed by atoms with Gasteiger partial charge in [-0.2, -0.15) is 0 Å².